The van der Waals surface area contributed by atoms with Gasteiger partial charge < -0.3 is 5.32 Å². The Bertz CT molecular complexity index is 824. The zero-order valence-corrected chi connectivity index (χ0v) is 12.7. The molecule has 0 radical (unpaired) electrons. The number of hydrogen-bond donors (Lipinski definition) is 1. The Hall–Kier alpha value is -2.65. The molecular formula is C16H14N2O3S. The lowest BCUT2D eigenvalue weighted by atomic mass is 10.2. The normalized spacial score (nSPS) is 12.2. The summed E-state index contributed by atoms with van der Waals surface area (Å²) in [7, 11) is -3.75. The van der Waals surface area contributed by atoms with Crippen molar-refractivity contribution in [1.29, 1.82) is 5.26 Å². The molecule has 1 unspecified atom stereocenters. The fourth-order valence-corrected chi connectivity index (χ4v) is 3.15. The van der Waals surface area contributed by atoms with Gasteiger partial charge in [0.05, 0.1) is 16.5 Å². The number of amides is 1. The highest BCUT2D eigenvalue weighted by Crippen LogP contribution is 2.17. The highest BCUT2D eigenvalue weighted by atomic mass is 32.2. The molecule has 0 saturated heterocycles. The van der Waals surface area contributed by atoms with Crippen molar-refractivity contribution < 1.29 is 13.2 Å². The van der Waals surface area contributed by atoms with Gasteiger partial charge in [0.15, 0.2) is 9.84 Å². The topological polar surface area (TPSA) is 87.0 Å². The van der Waals surface area contributed by atoms with E-state index in [1.807, 2.05) is 6.07 Å². The molecule has 0 aliphatic carbocycles. The fourth-order valence-electron chi connectivity index (χ4n) is 1.87. The molecule has 1 amide bonds. The van der Waals surface area contributed by atoms with Gasteiger partial charge in [-0.05, 0) is 37.3 Å². The Morgan fingerprint density at radius 1 is 1.14 bits per heavy atom. The smallest absolute Gasteiger partial charge is 0.242 e. The highest BCUT2D eigenvalue weighted by Gasteiger charge is 2.29. The molecule has 1 N–H and O–H groups in total. The SMILES string of the molecule is CC(C(=O)Nc1cccc(C#N)c1)S(=O)(=O)c1ccccc1. The van der Waals surface area contributed by atoms with Crippen LogP contribution < -0.4 is 5.32 Å². The van der Waals surface area contributed by atoms with Gasteiger partial charge in [-0.1, -0.05) is 24.3 Å². The van der Waals surface area contributed by atoms with Gasteiger partial charge in [-0.2, -0.15) is 5.26 Å². The molecule has 0 saturated carbocycles. The fraction of sp³-hybridized carbons (Fsp3) is 0.125. The number of nitrogens with one attached hydrogen (secondary N) is 1. The average Bonchev–Trinajstić information content (AvgIpc) is 2.55. The molecule has 0 aliphatic rings. The first-order chi connectivity index (χ1) is 10.4. The van der Waals surface area contributed by atoms with Crippen molar-refractivity contribution in [2.24, 2.45) is 0 Å². The van der Waals surface area contributed by atoms with Crippen LogP contribution in [-0.2, 0) is 14.6 Å². The van der Waals surface area contributed by atoms with Gasteiger partial charge in [-0.15, -0.1) is 0 Å². The van der Waals surface area contributed by atoms with Gasteiger partial charge in [0, 0.05) is 5.69 Å². The van der Waals surface area contributed by atoms with Gasteiger partial charge in [0.2, 0.25) is 5.91 Å². The monoisotopic (exact) mass is 314 g/mol. The average molecular weight is 314 g/mol. The second-order valence-corrected chi connectivity index (χ2v) is 6.95. The molecule has 0 fully saturated rings. The maximum atomic E-state index is 12.4. The van der Waals surface area contributed by atoms with Gasteiger partial charge in [0.25, 0.3) is 0 Å². The summed E-state index contributed by atoms with van der Waals surface area (Å²) >= 11 is 0. The number of sulfone groups is 1. The predicted octanol–water partition coefficient (Wildman–Crippen LogP) is 2.36. The number of carbonyl (C=O) groups is 1. The Morgan fingerprint density at radius 3 is 2.45 bits per heavy atom. The summed E-state index contributed by atoms with van der Waals surface area (Å²) in [5, 5.41) is 10.1. The zero-order valence-electron chi connectivity index (χ0n) is 11.9. The number of carbonyl (C=O) groups excluding carboxylic acids is 1. The molecule has 2 rings (SSSR count). The summed E-state index contributed by atoms with van der Waals surface area (Å²) in [6.45, 7) is 1.34. The number of anilines is 1. The number of rotatable bonds is 4. The molecule has 0 heterocycles. The summed E-state index contributed by atoms with van der Waals surface area (Å²) < 4.78 is 24.7. The third kappa shape index (κ3) is 3.32. The molecule has 5 nitrogen and oxygen atoms in total. The highest BCUT2D eigenvalue weighted by molar-refractivity contribution is 7.92. The molecule has 2 aromatic rings. The van der Waals surface area contributed by atoms with Crippen LogP contribution in [0.5, 0.6) is 0 Å². The van der Waals surface area contributed by atoms with E-state index >= 15 is 0 Å². The van der Waals surface area contributed by atoms with Gasteiger partial charge in [0.1, 0.15) is 5.25 Å². The lowest BCUT2D eigenvalue weighted by Gasteiger charge is -2.13. The van der Waals surface area contributed by atoms with Crippen molar-refractivity contribution in [3.05, 3.63) is 60.2 Å². The Kier molecular flexibility index (Phi) is 4.59. The second-order valence-electron chi connectivity index (χ2n) is 4.68. The van der Waals surface area contributed by atoms with E-state index in [-0.39, 0.29) is 4.90 Å². The van der Waals surface area contributed by atoms with E-state index in [1.54, 1.807) is 36.4 Å². The lowest BCUT2D eigenvalue weighted by molar-refractivity contribution is -0.115. The van der Waals surface area contributed by atoms with Crippen LogP contribution in [0.4, 0.5) is 5.69 Å². The predicted molar refractivity (Wildman–Crippen MR) is 82.9 cm³/mol. The first kappa shape index (κ1) is 15.7. The number of nitrogens with zero attached hydrogens (tertiary/aromatic N) is 1. The van der Waals surface area contributed by atoms with Crippen molar-refractivity contribution in [2.45, 2.75) is 17.1 Å². The number of benzene rings is 2. The maximum Gasteiger partial charge on any atom is 0.242 e. The Morgan fingerprint density at radius 2 is 1.82 bits per heavy atom. The largest absolute Gasteiger partial charge is 0.325 e. The zero-order chi connectivity index (χ0) is 16.2. The first-order valence-electron chi connectivity index (χ1n) is 6.55. The number of hydrogen-bond acceptors (Lipinski definition) is 4. The van der Waals surface area contributed by atoms with Gasteiger partial charge in [-0.25, -0.2) is 8.42 Å². The van der Waals surface area contributed by atoms with Crippen LogP contribution in [-0.4, -0.2) is 19.6 Å². The van der Waals surface area contributed by atoms with Gasteiger partial charge in [-0.3, -0.25) is 4.79 Å². The van der Waals surface area contributed by atoms with E-state index in [2.05, 4.69) is 5.32 Å². The van der Waals surface area contributed by atoms with Crippen LogP contribution in [0.25, 0.3) is 0 Å². The Balaban J connectivity index is 2.21. The molecular weight excluding hydrogens is 300 g/mol. The van der Waals surface area contributed by atoms with Crippen LogP contribution in [0.2, 0.25) is 0 Å². The van der Waals surface area contributed by atoms with E-state index in [0.717, 1.165) is 0 Å². The standard InChI is InChI=1S/C16H14N2O3S/c1-12(22(20,21)15-8-3-2-4-9-15)16(19)18-14-7-5-6-13(10-14)11-17/h2-10,12H,1H3,(H,18,19). The van der Waals surface area contributed by atoms with Crippen molar-refractivity contribution in [2.75, 3.05) is 5.32 Å². The molecule has 1 atom stereocenters. The van der Waals surface area contributed by atoms with Crippen LogP contribution in [0.15, 0.2) is 59.5 Å². The lowest BCUT2D eigenvalue weighted by Crippen LogP contribution is -2.32. The minimum atomic E-state index is -3.75. The summed E-state index contributed by atoms with van der Waals surface area (Å²) in [5.41, 5.74) is 0.774. The minimum absolute atomic E-state index is 0.100. The van der Waals surface area contributed by atoms with Crippen molar-refractivity contribution in [3.8, 4) is 6.07 Å². The van der Waals surface area contributed by atoms with Crippen LogP contribution in [0, 0.1) is 11.3 Å². The number of nitriles is 1. The summed E-state index contributed by atoms with van der Waals surface area (Å²) in [4.78, 5) is 12.3. The van der Waals surface area contributed by atoms with E-state index in [4.69, 9.17) is 5.26 Å². The molecule has 112 valence electrons. The summed E-state index contributed by atoms with van der Waals surface area (Å²) in [5.74, 6) is -0.640. The summed E-state index contributed by atoms with van der Waals surface area (Å²) in [6.07, 6.45) is 0. The van der Waals surface area contributed by atoms with Gasteiger partial charge >= 0.3 is 0 Å². The summed E-state index contributed by atoms with van der Waals surface area (Å²) in [6, 6.07) is 16.1. The maximum absolute atomic E-state index is 12.4. The first-order valence-corrected chi connectivity index (χ1v) is 8.10. The molecule has 0 bridgehead atoms. The van der Waals surface area contributed by atoms with E-state index in [1.165, 1.54) is 25.1 Å². The van der Waals surface area contributed by atoms with E-state index in [0.29, 0.717) is 11.3 Å². The van der Waals surface area contributed by atoms with E-state index in [9.17, 15) is 13.2 Å². The molecule has 0 aliphatic heterocycles. The minimum Gasteiger partial charge on any atom is -0.325 e. The van der Waals surface area contributed by atoms with Crippen molar-refractivity contribution in [3.63, 3.8) is 0 Å². The second kappa shape index (κ2) is 6.41. The van der Waals surface area contributed by atoms with Crippen LogP contribution in [0.1, 0.15) is 12.5 Å². The molecule has 0 aromatic heterocycles. The Labute approximate surface area is 129 Å². The third-order valence-corrected chi connectivity index (χ3v) is 5.24. The van der Waals surface area contributed by atoms with Crippen molar-refractivity contribution >= 4 is 21.4 Å². The van der Waals surface area contributed by atoms with Crippen LogP contribution >= 0.6 is 0 Å². The van der Waals surface area contributed by atoms with E-state index < -0.39 is 21.0 Å². The molecule has 22 heavy (non-hydrogen) atoms. The quantitative estimate of drug-likeness (QED) is 0.938. The van der Waals surface area contributed by atoms with Crippen molar-refractivity contribution in [1.82, 2.24) is 0 Å². The van der Waals surface area contributed by atoms with Crippen LogP contribution in [0.3, 0.4) is 0 Å². The third-order valence-electron chi connectivity index (χ3n) is 3.17. The molecule has 0 spiro atoms. The molecule has 6 heteroatoms. The molecule has 2 aromatic carbocycles.